The number of benzene rings is 3. The molecule has 3 aliphatic carbocycles. The average Bonchev–Trinajstić information content (AvgIpc) is 3.33. The summed E-state index contributed by atoms with van der Waals surface area (Å²) >= 11 is 0. The fourth-order valence-corrected chi connectivity index (χ4v) is 7.94. The van der Waals surface area contributed by atoms with Crippen molar-refractivity contribution in [3.05, 3.63) is 82.7 Å². The second kappa shape index (κ2) is 10.8. The number of hydrogen-bond donors (Lipinski definition) is 0. The zero-order chi connectivity index (χ0) is 28.8. The number of fused-ring (bicyclic) bond motifs is 2. The molecule has 0 amide bonds. The van der Waals surface area contributed by atoms with Crippen LogP contribution < -0.4 is 9.47 Å². The predicted octanol–water partition coefficient (Wildman–Crippen LogP) is 8.53. The van der Waals surface area contributed by atoms with Crippen LogP contribution in [0.3, 0.4) is 0 Å². The van der Waals surface area contributed by atoms with Crippen molar-refractivity contribution < 1.29 is 23.4 Å². The largest absolute Gasteiger partial charge is 0.497 e. The Morgan fingerprint density at radius 2 is 1.73 bits per heavy atom. The lowest BCUT2D eigenvalue weighted by molar-refractivity contribution is -0.153. The number of esters is 1. The summed E-state index contributed by atoms with van der Waals surface area (Å²) in [7, 11) is 3.11. The fraction of sp³-hybridized carbons (Fsp3) is 0.472. The molecule has 0 N–H and O–H groups in total. The summed E-state index contributed by atoms with van der Waals surface area (Å²) < 4.78 is 32.1. The van der Waals surface area contributed by atoms with Gasteiger partial charge in [0.25, 0.3) is 0 Å². The smallest absolute Gasteiger partial charge is 0.309 e. The van der Waals surface area contributed by atoms with Gasteiger partial charge in [0.15, 0.2) is 0 Å². The van der Waals surface area contributed by atoms with E-state index in [0.29, 0.717) is 23.8 Å². The number of carbonyl (C=O) groups excluding carboxylic acids is 1. The third-order valence-electron chi connectivity index (χ3n) is 10.3. The van der Waals surface area contributed by atoms with Gasteiger partial charge < -0.3 is 14.2 Å². The summed E-state index contributed by atoms with van der Waals surface area (Å²) in [6.07, 6.45) is 8.47. The van der Waals surface area contributed by atoms with Crippen molar-refractivity contribution in [2.24, 2.45) is 11.3 Å². The zero-order valence-corrected chi connectivity index (χ0v) is 24.7. The number of methoxy groups -OCH3 is 2. The van der Waals surface area contributed by atoms with Crippen LogP contribution in [0.4, 0.5) is 4.39 Å². The first-order valence-electron chi connectivity index (χ1n) is 15.1. The molecule has 3 aliphatic rings. The monoisotopic (exact) mass is 556 g/mol. The highest BCUT2D eigenvalue weighted by atomic mass is 19.1. The topological polar surface area (TPSA) is 44.8 Å². The van der Waals surface area contributed by atoms with E-state index in [1.165, 1.54) is 36.3 Å². The second-order valence-corrected chi connectivity index (χ2v) is 12.9. The van der Waals surface area contributed by atoms with E-state index in [0.717, 1.165) is 61.8 Å². The highest BCUT2D eigenvalue weighted by molar-refractivity contribution is 5.76. The standard InChI is InChI=1S/C36H41FO4/c1-35(2)16-6-8-30(35)28-19-23(9-13-27(28)29-20-25(39-3)12-14-33(29)37)22-41-26-11-10-24-7-5-17-36(32(24)21-26)18-15-31(36)34(38)40-4/h9-14,19-21,30-31H,5-8,15-18,22H2,1-4H3/t30-,31+,36-/m0/s1. The van der Waals surface area contributed by atoms with Crippen molar-refractivity contribution in [3.63, 3.8) is 0 Å². The van der Waals surface area contributed by atoms with Gasteiger partial charge in [-0.1, -0.05) is 44.5 Å². The van der Waals surface area contributed by atoms with Crippen molar-refractivity contribution in [2.45, 2.75) is 83.2 Å². The van der Waals surface area contributed by atoms with Gasteiger partial charge in [-0.3, -0.25) is 4.79 Å². The SMILES string of the molecule is COC(=O)[C@H]1CC[C@@]12CCCc1ccc(OCc3ccc(-c4cc(OC)ccc4F)c([C@@H]4CCCC4(C)C)c3)cc12. The molecule has 0 aliphatic heterocycles. The molecule has 0 heterocycles. The van der Waals surface area contributed by atoms with Crippen molar-refractivity contribution >= 4 is 5.97 Å². The molecule has 3 aromatic carbocycles. The molecule has 0 saturated heterocycles. The van der Waals surface area contributed by atoms with Crippen molar-refractivity contribution in [1.82, 2.24) is 0 Å². The summed E-state index contributed by atoms with van der Waals surface area (Å²) in [5.74, 6) is 1.41. The van der Waals surface area contributed by atoms with Gasteiger partial charge in [0, 0.05) is 11.0 Å². The van der Waals surface area contributed by atoms with Crippen LogP contribution in [0.1, 0.15) is 87.0 Å². The van der Waals surface area contributed by atoms with Crippen LogP contribution in [0.5, 0.6) is 11.5 Å². The molecule has 4 nitrogen and oxygen atoms in total. The third kappa shape index (κ3) is 4.91. The van der Waals surface area contributed by atoms with Crippen LogP contribution in [0.2, 0.25) is 0 Å². The molecule has 2 fully saturated rings. The normalized spacial score (nSPS) is 24.4. The second-order valence-electron chi connectivity index (χ2n) is 12.9. The van der Waals surface area contributed by atoms with Crippen LogP contribution in [0, 0.1) is 17.2 Å². The van der Waals surface area contributed by atoms with E-state index in [1.54, 1.807) is 19.2 Å². The Kier molecular flexibility index (Phi) is 7.33. The molecule has 3 atom stereocenters. The van der Waals surface area contributed by atoms with Crippen LogP contribution in [0.25, 0.3) is 11.1 Å². The Labute approximate surface area is 243 Å². The number of halogens is 1. The maximum atomic E-state index is 15.1. The zero-order valence-electron chi connectivity index (χ0n) is 24.7. The molecule has 216 valence electrons. The molecule has 0 aromatic heterocycles. The summed E-state index contributed by atoms with van der Waals surface area (Å²) in [6.45, 7) is 5.07. The highest BCUT2D eigenvalue weighted by Crippen LogP contribution is 2.56. The lowest BCUT2D eigenvalue weighted by Gasteiger charge is -2.51. The molecular weight excluding hydrogens is 515 g/mol. The van der Waals surface area contributed by atoms with E-state index in [4.69, 9.17) is 14.2 Å². The summed E-state index contributed by atoms with van der Waals surface area (Å²) in [5.41, 5.74) is 6.36. The van der Waals surface area contributed by atoms with Gasteiger partial charge in [0.2, 0.25) is 0 Å². The molecule has 0 bridgehead atoms. The van der Waals surface area contributed by atoms with Crippen LogP contribution in [0.15, 0.2) is 54.6 Å². The van der Waals surface area contributed by atoms with Gasteiger partial charge in [0.05, 0.1) is 20.1 Å². The van der Waals surface area contributed by atoms with E-state index in [2.05, 4.69) is 50.2 Å². The van der Waals surface area contributed by atoms with Gasteiger partial charge in [-0.2, -0.15) is 0 Å². The van der Waals surface area contributed by atoms with E-state index in [1.807, 2.05) is 0 Å². The average molecular weight is 557 g/mol. The van der Waals surface area contributed by atoms with Crippen molar-refractivity contribution in [1.29, 1.82) is 0 Å². The first-order chi connectivity index (χ1) is 19.8. The van der Waals surface area contributed by atoms with Gasteiger partial charge in [-0.25, -0.2) is 4.39 Å². The third-order valence-corrected chi connectivity index (χ3v) is 10.3. The van der Waals surface area contributed by atoms with Crippen molar-refractivity contribution in [3.8, 4) is 22.6 Å². The Morgan fingerprint density at radius 1 is 0.902 bits per heavy atom. The maximum absolute atomic E-state index is 15.1. The molecular formula is C36H41FO4. The molecule has 5 heteroatoms. The van der Waals surface area contributed by atoms with E-state index in [-0.39, 0.29) is 28.5 Å². The Hall–Kier alpha value is -3.34. The first kappa shape index (κ1) is 27.8. The number of hydrogen-bond acceptors (Lipinski definition) is 4. The molecule has 2 saturated carbocycles. The Balaban J connectivity index is 1.31. The molecule has 0 radical (unpaired) electrons. The number of carbonyl (C=O) groups is 1. The minimum atomic E-state index is -0.240. The lowest BCUT2D eigenvalue weighted by Crippen LogP contribution is -2.50. The number of aryl methyl sites for hydroxylation is 1. The Morgan fingerprint density at radius 3 is 2.44 bits per heavy atom. The molecule has 1 spiro atoms. The Bertz CT molecular complexity index is 1460. The summed E-state index contributed by atoms with van der Waals surface area (Å²) in [4.78, 5) is 12.6. The lowest BCUT2D eigenvalue weighted by atomic mass is 9.52. The van der Waals surface area contributed by atoms with Gasteiger partial charge in [0.1, 0.15) is 23.9 Å². The highest BCUT2D eigenvalue weighted by Gasteiger charge is 2.53. The molecule has 3 aromatic rings. The number of ether oxygens (including phenoxy) is 3. The fourth-order valence-electron chi connectivity index (χ4n) is 7.94. The van der Waals surface area contributed by atoms with Crippen LogP contribution in [-0.2, 0) is 28.0 Å². The minimum absolute atomic E-state index is 0.0660. The maximum Gasteiger partial charge on any atom is 0.309 e. The van der Waals surface area contributed by atoms with Crippen molar-refractivity contribution in [2.75, 3.05) is 14.2 Å². The van der Waals surface area contributed by atoms with E-state index < -0.39 is 0 Å². The van der Waals surface area contributed by atoms with Gasteiger partial charge >= 0.3 is 5.97 Å². The predicted molar refractivity (Wildman–Crippen MR) is 159 cm³/mol. The van der Waals surface area contributed by atoms with E-state index in [9.17, 15) is 4.79 Å². The quantitative estimate of drug-likeness (QED) is 0.274. The van der Waals surface area contributed by atoms with Crippen LogP contribution >= 0.6 is 0 Å². The van der Waals surface area contributed by atoms with Gasteiger partial charge in [-0.05, 0) is 114 Å². The molecule has 0 unspecified atom stereocenters. The molecule has 41 heavy (non-hydrogen) atoms. The summed E-state index contributed by atoms with van der Waals surface area (Å²) in [5, 5.41) is 0. The van der Waals surface area contributed by atoms with Gasteiger partial charge in [-0.15, -0.1) is 0 Å². The number of rotatable bonds is 7. The van der Waals surface area contributed by atoms with E-state index >= 15 is 4.39 Å². The van der Waals surface area contributed by atoms with Crippen LogP contribution in [-0.4, -0.2) is 20.2 Å². The minimum Gasteiger partial charge on any atom is -0.497 e. The summed E-state index contributed by atoms with van der Waals surface area (Å²) in [6, 6.07) is 17.7. The first-order valence-corrected chi connectivity index (χ1v) is 15.1. The molecule has 6 rings (SSSR count).